The molecule has 1 aliphatic carbocycles. The lowest BCUT2D eigenvalue weighted by atomic mass is 9.85. The van der Waals surface area contributed by atoms with Crippen molar-refractivity contribution in [2.45, 2.75) is 102 Å². The maximum Gasteiger partial charge on any atom is 0.193 e. The van der Waals surface area contributed by atoms with Gasteiger partial charge in [0.25, 0.3) is 0 Å². The molecule has 0 N–H and O–H groups in total. The van der Waals surface area contributed by atoms with Crippen molar-refractivity contribution in [2.75, 3.05) is 0 Å². The van der Waals surface area contributed by atoms with Crippen LogP contribution in [0.3, 0.4) is 0 Å². The number of benzene rings is 1. The van der Waals surface area contributed by atoms with Crippen molar-refractivity contribution in [1.29, 1.82) is 0 Å². The number of halogens is 1. The molecule has 7 nitrogen and oxygen atoms in total. The monoisotopic (exact) mass is 541 g/mol. The lowest BCUT2D eigenvalue weighted by Gasteiger charge is -2.38. The first-order valence-electron chi connectivity index (χ1n) is 13.6. The van der Waals surface area contributed by atoms with Gasteiger partial charge in [-0.15, -0.1) is 0 Å². The van der Waals surface area contributed by atoms with E-state index in [0.29, 0.717) is 5.15 Å². The van der Waals surface area contributed by atoms with E-state index in [2.05, 4.69) is 48.9 Å². The summed E-state index contributed by atoms with van der Waals surface area (Å²) in [4.78, 5) is 8.66. The molecule has 0 bridgehead atoms. The molecule has 9 heteroatoms. The quantitative estimate of drug-likeness (QED) is 0.244. The molecular formula is C28H36ClN3O4Si. The Bertz CT molecular complexity index is 1300. The van der Waals surface area contributed by atoms with Crippen LogP contribution in [0.2, 0.25) is 23.3 Å². The third-order valence-electron chi connectivity index (χ3n) is 8.63. The molecule has 0 spiro atoms. The minimum absolute atomic E-state index is 0.243. The van der Waals surface area contributed by atoms with Gasteiger partial charge < -0.3 is 23.2 Å². The van der Waals surface area contributed by atoms with Crippen LogP contribution in [-0.2, 0) is 31.5 Å². The van der Waals surface area contributed by atoms with E-state index in [1.165, 1.54) is 23.0 Å². The Morgan fingerprint density at radius 1 is 1.05 bits per heavy atom. The normalized spacial score (nSPS) is 27.2. The van der Waals surface area contributed by atoms with Gasteiger partial charge in [0.1, 0.15) is 35.4 Å². The summed E-state index contributed by atoms with van der Waals surface area (Å²) in [5.41, 5.74) is 4.75. The summed E-state index contributed by atoms with van der Waals surface area (Å²) in [5, 5.41) is 1.21. The summed E-state index contributed by atoms with van der Waals surface area (Å²) in [6.45, 7) is 10.7. The molecule has 0 unspecified atom stereocenters. The molecule has 0 radical (unpaired) electrons. The van der Waals surface area contributed by atoms with E-state index < -0.39 is 20.3 Å². The van der Waals surface area contributed by atoms with Gasteiger partial charge in [-0.1, -0.05) is 50.6 Å². The standard InChI is InChI=1S/C28H36ClN3O4Si/c1-6-37(7-2,8-3)36-21(19-12-10-17-9-11-18(17)15-19)22-23-24(35-28(4,5)34-23)27(33-22)32-14-13-20-25(29)30-16-31-26(20)32/h10,12-16,21-24,27H,6-9,11H2,1-5H3/t21-,22-,23-,24-,27-/m1/s1. The van der Waals surface area contributed by atoms with Crippen LogP contribution in [0.25, 0.3) is 11.0 Å². The number of ether oxygens (including phenoxy) is 3. The fraction of sp³-hybridized carbons (Fsp3) is 0.571. The first-order valence-corrected chi connectivity index (χ1v) is 16.5. The predicted molar refractivity (Wildman–Crippen MR) is 145 cm³/mol. The molecule has 2 aromatic heterocycles. The molecule has 1 aromatic carbocycles. The largest absolute Gasteiger partial charge is 0.407 e. The van der Waals surface area contributed by atoms with Gasteiger partial charge in [-0.05, 0) is 67.6 Å². The minimum atomic E-state index is -1.98. The van der Waals surface area contributed by atoms with Crippen LogP contribution in [0.5, 0.6) is 0 Å². The Morgan fingerprint density at radius 3 is 2.46 bits per heavy atom. The Hall–Kier alpha value is -1.81. The summed E-state index contributed by atoms with van der Waals surface area (Å²) in [5.74, 6) is -0.731. The summed E-state index contributed by atoms with van der Waals surface area (Å²) < 4.78 is 29.2. The van der Waals surface area contributed by atoms with Gasteiger partial charge in [0.05, 0.1) is 11.5 Å². The van der Waals surface area contributed by atoms with Crippen LogP contribution in [0.4, 0.5) is 0 Å². The highest BCUT2D eigenvalue weighted by atomic mass is 35.5. The molecule has 5 atom stereocenters. The number of aromatic nitrogens is 3. The fourth-order valence-corrected chi connectivity index (χ4v) is 9.21. The average Bonchev–Trinajstić information content (AvgIpc) is 3.53. The lowest BCUT2D eigenvalue weighted by molar-refractivity contribution is -0.206. The number of rotatable bonds is 8. The van der Waals surface area contributed by atoms with Gasteiger partial charge in [0.15, 0.2) is 20.3 Å². The highest BCUT2D eigenvalue weighted by molar-refractivity contribution is 6.73. The fourth-order valence-electron chi connectivity index (χ4n) is 6.21. The van der Waals surface area contributed by atoms with E-state index in [1.54, 1.807) is 0 Å². The van der Waals surface area contributed by atoms with Crippen LogP contribution < -0.4 is 0 Å². The van der Waals surface area contributed by atoms with E-state index in [-0.39, 0.29) is 24.4 Å². The summed E-state index contributed by atoms with van der Waals surface area (Å²) in [7, 11) is -1.98. The smallest absolute Gasteiger partial charge is 0.193 e. The lowest BCUT2D eigenvalue weighted by Crippen LogP contribution is -2.43. The van der Waals surface area contributed by atoms with Gasteiger partial charge in [-0.25, -0.2) is 9.97 Å². The third kappa shape index (κ3) is 4.26. The van der Waals surface area contributed by atoms with Crippen molar-refractivity contribution < 1.29 is 18.6 Å². The van der Waals surface area contributed by atoms with Crippen LogP contribution >= 0.6 is 11.6 Å². The van der Waals surface area contributed by atoms with E-state index in [4.69, 9.17) is 30.2 Å². The summed E-state index contributed by atoms with van der Waals surface area (Å²) >= 11 is 6.37. The molecule has 2 saturated heterocycles. The molecule has 0 amide bonds. The minimum Gasteiger partial charge on any atom is -0.407 e. The topological polar surface area (TPSA) is 67.6 Å². The van der Waals surface area contributed by atoms with E-state index >= 15 is 0 Å². The predicted octanol–water partition coefficient (Wildman–Crippen LogP) is 6.36. The molecule has 37 heavy (non-hydrogen) atoms. The number of nitrogens with zero attached hydrogens (tertiary/aromatic N) is 3. The molecule has 2 aliphatic heterocycles. The van der Waals surface area contributed by atoms with Gasteiger partial charge in [-0.2, -0.15) is 0 Å². The van der Waals surface area contributed by atoms with Gasteiger partial charge >= 0.3 is 0 Å². The average molecular weight is 542 g/mol. The molecule has 2 fully saturated rings. The SMILES string of the molecule is CC[Si](CC)(CC)O[C@H](c1ccc2c(c1)CC2)[C@H]1O[C@@H](n2ccc3c(Cl)ncnc32)[C@@H]2OC(C)(C)O[C@@H]21. The van der Waals surface area contributed by atoms with Crippen molar-refractivity contribution in [3.8, 4) is 0 Å². The van der Waals surface area contributed by atoms with Crippen LogP contribution in [0, 0.1) is 0 Å². The van der Waals surface area contributed by atoms with E-state index in [9.17, 15) is 0 Å². The van der Waals surface area contributed by atoms with Crippen LogP contribution in [0.15, 0.2) is 36.8 Å². The Kier molecular flexibility index (Phi) is 6.49. The maximum absolute atomic E-state index is 7.25. The van der Waals surface area contributed by atoms with Crippen LogP contribution in [0.1, 0.15) is 63.6 Å². The van der Waals surface area contributed by atoms with Crippen molar-refractivity contribution >= 4 is 31.0 Å². The van der Waals surface area contributed by atoms with Gasteiger partial charge in [-0.3, -0.25) is 0 Å². The Balaban J connectivity index is 1.43. The van der Waals surface area contributed by atoms with Gasteiger partial charge in [0.2, 0.25) is 0 Å². The molecule has 6 rings (SSSR count). The zero-order valence-corrected chi connectivity index (χ0v) is 24.0. The number of fused-ring (bicyclic) bond motifs is 3. The second-order valence-corrected chi connectivity index (χ2v) is 16.1. The molecule has 3 aliphatic rings. The summed E-state index contributed by atoms with van der Waals surface area (Å²) in [6, 6.07) is 11.9. The highest BCUT2D eigenvalue weighted by Gasteiger charge is 2.59. The Morgan fingerprint density at radius 2 is 1.78 bits per heavy atom. The maximum atomic E-state index is 7.25. The number of hydrogen-bond donors (Lipinski definition) is 0. The highest BCUT2D eigenvalue weighted by Crippen LogP contribution is 2.49. The van der Waals surface area contributed by atoms with Crippen molar-refractivity contribution in [2.24, 2.45) is 0 Å². The molecule has 4 heterocycles. The molecule has 3 aromatic rings. The van der Waals surface area contributed by atoms with E-state index in [0.717, 1.165) is 42.0 Å². The first-order chi connectivity index (χ1) is 17.8. The zero-order chi connectivity index (χ0) is 25.9. The van der Waals surface area contributed by atoms with Crippen molar-refractivity contribution in [3.63, 3.8) is 0 Å². The zero-order valence-electron chi connectivity index (χ0n) is 22.2. The van der Waals surface area contributed by atoms with Crippen molar-refractivity contribution in [3.05, 3.63) is 58.6 Å². The summed E-state index contributed by atoms with van der Waals surface area (Å²) in [6.07, 6.45) is 4.10. The molecule has 0 saturated carbocycles. The van der Waals surface area contributed by atoms with Crippen LogP contribution in [-0.4, -0.2) is 47.0 Å². The number of aryl methyl sites for hydroxylation is 2. The molecular weight excluding hydrogens is 506 g/mol. The second-order valence-electron chi connectivity index (χ2n) is 11.0. The molecule has 198 valence electrons. The first kappa shape index (κ1) is 25.5. The van der Waals surface area contributed by atoms with E-state index in [1.807, 2.05) is 30.7 Å². The second kappa shape index (κ2) is 9.43. The Labute approximate surface area is 224 Å². The van der Waals surface area contributed by atoms with Gasteiger partial charge in [0, 0.05) is 6.20 Å². The number of hydrogen-bond acceptors (Lipinski definition) is 6. The third-order valence-corrected chi connectivity index (χ3v) is 13.6. The van der Waals surface area contributed by atoms with Crippen molar-refractivity contribution in [1.82, 2.24) is 14.5 Å².